The molecule has 2 heterocycles. The van der Waals surface area contributed by atoms with Crippen molar-refractivity contribution in [3.05, 3.63) is 27.9 Å². The summed E-state index contributed by atoms with van der Waals surface area (Å²) in [5.74, 6) is -0.823. The molecule has 0 aliphatic carbocycles. The van der Waals surface area contributed by atoms with Crippen LogP contribution in [0, 0.1) is 10.1 Å². The molecule has 1 aliphatic heterocycles. The fourth-order valence-electron chi connectivity index (χ4n) is 2.13. The molecule has 0 spiro atoms. The maximum absolute atomic E-state index is 12.2. The van der Waals surface area contributed by atoms with Crippen molar-refractivity contribution < 1.29 is 14.5 Å². The third-order valence-corrected chi connectivity index (χ3v) is 3.08. The number of hydrogen-bond donors (Lipinski definition) is 2. The molecule has 2 N–H and O–H groups in total. The predicted octanol–water partition coefficient (Wildman–Crippen LogP) is 0.273. The van der Waals surface area contributed by atoms with Crippen molar-refractivity contribution >= 4 is 17.6 Å². The van der Waals surface area contributed by atoms with Crippen LogP contribution >= 0.6 is 0 Å². The lowest BCUT2D eigenvalue weighted by atomic mass is 10.1. The summed E-state index contributed by atoms with van der Waals surface area (Å²) in [6, 6.07) is 2.07. The molecule has 2 amide bonds. The van der Waals surface area contributed by atoms with Crippen molar-refractivity contribution in [1.82, 2.24) is 15.2 Å². The van der Waals surface area contributed by atoms with E-state index in [4.69, 9.17) is 0 Å². The van der Waals surface area contributed by atoms with Gasteiger partial charge in [0, 0.05) is 19.2 Å². The zero-order valence-corrected chi connectivity index (χ0v) is 10.4. The second-order valence-electron chi connectivity index (χ2n) is 4.23. The van der Waals surface area contributed by atoms with Gasteiger partial charge in [-0.25, -0.2) is 4.98 Å². The number of aromatic amines is 1. The second-order valence-corrected chi connectivity index (χ2v) is 4.23. The van der Waals surface area contributed by atoms with Crippen LogP contribution in [0.1, 0.15) is 23.8 Å². The summed E-state index contributed by atoms with van der Waals surface area (Å²) in [6.45, 7) is 2.60. The molecule has 8 heteroatoms. The Kier molecular flexibility index (Phi) is 3.50. The average molecular weight is 266 g/mol. The molecule has 0 aromatic carbocycles. The fraction of sp³-hybridized carbons (Fsp3) is 0.455. The van der Waals surface area contributed by atoms with Crippen LogP contribution in [0.4, 0.5) is 5.82 Å². The molecule has 0 radical (unpaired) electrons. The van der Waals surface area contributed by atoms with Gasteiger partial charge in [-0.3, -0.25) is 9.59 Å². The lowest BCUT2D eigenvalue weighted by Crippen LogP contribution is -2.56. The number of nitrogens with zero attached hydrogens (tertiary/aromatic N) is 2. The smallest absolute Gasteiger partial charge is 0.321 e. The Bertz CT molecular complexity index is 525. The SMILES string of the molecule is CCC1C(=O)NCCN1C(=O)c1ccc([N+](=O)[O-])[nH]1. The van der Waals surface area contributed by atoms with Crippen LogP contribution in [-0.4, -0.2) is 45.8 Å². The van der Waals surface area contributed by atoms with E-state index in [0.29, 0.717) is 19.5 Å². The molecule has 0 saturated carbocycles. The molecule has 1 fully saturated rings. The molecule has 2 rings (SSSR count). The van der Waals surface area contributed by atoms with Gasteiger partial charge >= 0.3 is 5.82 Å². The third-order valence-electron chi connectivity index (χ3n) is 3.08. The van der Waals surface area contributed by atoms with Crippen LogP contribution in [0.5, 0.6) is 0 Å². The highest BCUT2D eigenvalue weighted by atomic mass is 16.6. The molecule has 1 aliphatic rings. The van der Waals surface area contributed by atoms with E-state index in [1.807, 2.05) is 6.92 Å². The van der Waals surface area contributed by atoms with Gasteiger partial charge in [-0.15, -0.1) is 0 Å². The van der Waals surface area contributed by atoms with Crippen LogP contribution in [0.25, 0.3) is 0 Å². The van der Waals surface area contributed by atoms with Crippen LogP contribution in [0.2, 0.25) is 0 Å². The van der Waals surface area contributed by atoms with Crippen molar-refractivity contribution in [3.63, 3.8) is 0 Å². The highest BCUT2D eigenvalue weighted by molar-refractivity contribution is 5.97. The van der Waals surface area contributed by atoms with Gasteiger partial charge in [0.05, 0.1) is 0 Å². The summed E-state index contributed by atoms with van der Waals surface area (Å²) in [5, 5.41) is 13.3. The highest BCUT2D eigenvalue weighted by Crippen LogP contribution is 2.16. The van der Waals surface area contributed by atoms with Gasteiger partial charge in [-0.05, 0) is 17.4 Å². The van der Waals surface area contributed by atoms with E-state index in [1.165, 1.54) is 17.0 Å². The third kappa shape index (κ3) is 2.42. The topological polar surface area (TPSA) is 108 Å². The first-order valence-electron chi connectivity index (χ1n) is 5.96. The first kappa shape index (κ1) is 13.1. The van der Waals surface area contributed by atoms with E-state index < -0.39 is 16.9 Å². The van der Waals surface area contributed by atoms with E-state index in [9.17, 15) is 19.7 Å². The zero-order valence-electron chi connectivity index (χ0n) is 10.4. The minimum atomic E-state index is -0.600. The van der Waals surface area contributed by atoms with E-state index in [-0.39, 0.29) is 17.4 Å². The summed E-state index contributed by atoms with van der Waals surface area (Å²) in [7, 11) is 0. The van der Waals surface area contributed by atoms with Gasteiger partial charge in [0.25, 0.3) is 5.91 Å². The number of H-pyrrole nitrogens is 1. The predicted molar refractivity (Wildman–Crippen MR) is 65.6 cm³/mol. The molecule has 102 valence electrons. The Balaban J connectivity index is 2.21. The molecule has 1 aromatic heterocycles. The van der Waals surface area contributed by atoms with Crippen LogP contribution in [0.3, 0.4) is 0 Å². The molecule has 1 saturated heterocycles. The maximum atomic E-state index is 12.2. The van der Waals surface area contributed by atoms with Crippen LogP contribution in [0.15, 0.2) is 12.1 Å². The van der Waals surface area contributed by atoms with E-state index in [2.05, 4.69) is 10.3 Å². The van der Waals surface area contributed by atoms with Gasteiger partial charge in [-0.2, -0.15) is 0 Å². The largest absolute Gasteiger partial charge is 0.358 e. The quantitative estimate of drug-likeness (QED) is 0.604. The van der Waals surface area contributed by atoms with Crippen molar-refractivity contribution in [2.24, 2.45) is 0 Å². The number of carbonyl (C=O) groups excluding carboxylic acids is 2. The van der Waals surface area contributed by atoms with Gasteiger partial charge in [-0.1, -0.05) is 6.92 Å². The molecule has 1 unspecified atom stereocenters. The van der Waals surface area contributed by atoms with Crippen LogP contribution < -0.4 is 5.32 Å². The van der Waals surface area contributed by atoms with Crippen molar-refractivity contribution in [1.29, 1.82) is 0 Å². The minimum absolute atomic E-state index is 0.125. The number of carbonyl (C=O) groups is 2. The van der Waals surface area contributed by atoms with Gasteiger partial charge in [0.15, 0.2) is 5.69 Å². The molecule has 8 nitrogen and oxygen atoms in total. The van der Waals surface area contributed by atoms with Crippen molar-refractivity contribution in [2.45, 2.75) is 19.4 Å². The Morgan fingerprint density at radius 2 is 2.32 bits per heavy atom. The molecule has 1 aromatic rings. The number of nitro groups is 1. The van der Waals surface area contributed by atoms with Gasteiger partial charge < -0.3 is 20.3 Å². The highest BCUT2D eigenvalue weighted by Gasteiger charge is 2.33. The van der Waals surface area contributed by atoms with Crippen molar-refractivity contribution in [3.8, 4) is 0 Å². The monoisotopic (exact) mass is 266 g/mol. The summed E-state index contributed by atoms with van der Waals surface area (Å²) in [4.78, 5) is 37.8. The molecular weight excluding hydrogens is 252 g/mol. The lowest BCUT2D eigenvalue weighted by Gasteiger charge is -2.33. The number of hydrogen-bond acceptors (Lipinski definition) is 4. The summed E-state index contributed by atoms with van der Waals surface area (Å²) in [5.41, 5.74) is 0.125. The average Bonchev–Trinajstić information content (AvgIpc) is 2.87. The number of nitrogens with one attached hydrogen (secondary N) is 2. The minimum Gasteiger partial charge on any atom is -0.358 e. The van der Waals surface area contributed by atoms with E-state index in [0.717, 1.165) is 0 Å². The Morgan fingerprint density at radius 1 is 1.58 bits per heavy atom. The number of aromatic nitrogens is 1. The molecule has 0 bridgehead atoms. The van der Waals surface area contributed by atoms with Crippen LogP contribution in [-0.2, 0) is 4.79 Å². The Hall–Kier alpha value is -2.38. The maximum Gasteiger partial charge on any atom is 0.321 e. The number of rotatable bonds is 3. The van der Waals surface area contributed by atoms with Crippen molar-refractivity contribution in [2.75, 3.05) is 13.1 Å². The Morgan fingerprint density at radius 3 is 2.89 bits per heavy atom. The normalized spacial score (nSPS) is 19.1. The summed E-state index contributed by atoms with van der Waals surface area (Å²) < 4.78 is 0. The molecule has 1 atom stereocenters. The lowest BCUT2D eigenvalue weighted by molar-refractivity contribution is -0.389. The van der Waals surface area contributed by atoms with E-state index >= 15 is 0 Å². The first-order valence-corrected chi connectivity index (χ1v) is 5.96. The standard InChI is InChI=1S/C11H14N4O4/c1-2-8-10(16)12-5-6-14(8)11(17)7-3-4-9(13-7)15(18)19/h3-4,8,13H,2,5-6H2,1H3,(H,12,16). The molecule has 19 heavy (non-hydrogen) atoms. The fourth-order valence-corrected chi connectivity index (χ4v) is 2.13. The zero-order chi connectivity index (χ0) is 14.0. The number of amides is 2. The van der Waals surface area contributed by atoms with Gasteiger partial charge in [0.1, 0.15) is 6.04 Å². The first-order chi connectivity index (χ1) is 9.04. The molecular formula is C11H14N4O4. The summed E-state index contributed by atoms with van der Waals surface area (Å²) >= 11 is 0. The van der Waals surface area contributed by atoms with E-state index in [1.54, 1.807) is 0 Å². The number of piperazine rings is 1. The second kappa shape index (κ2) is 5.09. The Labute approximate surface area is 108 Å². The summed E-state index contributed by atoms with van der Waals surface area (Å²) in [6.07, 6.45) is 0.500. The van der Waals surface area contributed by atoms with Gasteiger partial charge in [0.2, 0.25) is 5.91 Å².